The van der Waals surface area contributed by atoms with Crippen LogP contribution in [-0.4, -0.2) is 26.8 Å². The molecule has 0 saturated carbocycles. The molecule has 0 amide bonds. The number of hydrogen-bond acceptors (Lipinski definition) is 5. The number of hydrogen-bond donors (Lipinski definition) is 1. The Morgan fingerprint density at radius 1 is 1.32 bits per heavy atom. The quantitative estimate of drug-likeness (QED) is 0.497. The summed E-state index contributed by atoms with van der Waals surface area (Å²) in [5.41, 5.74) is 0.446. The summed E-state index contributed by atoms with van der Waals surface area (Å²) in [6.45, 7) is 2.14. The third-order valence-electron chi connectivity index (χ3n) is 2.20. The normalized spacial score (nSPS) is 12.7. The van der Waals surface area contributed by atoms with Crippen molar-refractivity contribution in [3.63, 3.8) is 0 Å². The highest BCUT2D eigenvalue weighted by Gasteiger charge is 2.21. The molecule has 1 aromatic rings. The van der Waals surface area contributed by atoms with E-state index in [0.29, 0.717) is 6.61 Å². The summed E-state index contributed by atoms with van der Waals surface area (Å²) in [4.78, 5) is 12.9. The van der Waals surface area contributed by atoms with Crippen LogP contribution in [0.25, 0.3) is 0 Å². The molecule has 0 aliphatic carbocycles. The van der Waals surface area contributed by atoms with Crippen molar-refractivity contribution in [2.45, 2.75) is 17.5 Å². The maximum absolute atomic E-state index is 12.0. The van der Waals surface area contributed by atoms with Crippen LogP contribution >= 0.6 is 20.0 Å². The van der Waals surface area contributed by atoms with Gasteiger partial charge in [0, 0.05) is 12.3 Å². The van der Waals surface area contributed by atoms with E-state index >= 15 is 0 Å². The van der Waals surface area contributed by atoms with Gasteiger partial charge in [-0.1, -0.05) is 12.1 Å². The Balaban J connectivity index is 3.08. The minimum Gasteiger partial charge on any atom is -0.465 e. The van der Waals surface area contributed by atoms with Gasteiger partial charge >= 0.3 is 5.97 Å². The topological polar surface area (TPSA) is 44.8 Å². The van der Waals surface area contributed by atoms with Gasteiger partial charge in [0.05, 0.1) is 20.8 Å². The first kappa shape index (κ1) is 16.7. The second kappa shape index (κ2) is 8.72. The molecule has 0 heterocycles. The van der Waals surface area contributed by atoms with E-state index in [9.17, 15) is 4.79 Å². The summed E-state index contributed by atoms with van der Waals surface area (Å²) < 4.78 is 15.5. The van der Waals surface area contributed by atoms with Gasteiger partial charge in [-0.25, -0.2) is 0 Å². The maximum atomic E-state index is 12.0. The van der Waals surface area contributed by atoms with Crippen LogP contribution in [-0.2, 0) is 28.5 Å². The SMILES string of the molecule is CCOC(=O)C(P=S(OC)OC)c1ccc(S)cc1. The van der Waals surface area contributed by atoms with Crippen LogP contribution in [0.4, 0.5) is 0 Å². The van der Waals surface area contributed by atoms with Crippen LogP contribution in [0.5, 0.6) is 0 Å². The number of rotatable bonds is 6. The molecular weight excluding hydrogens is 303 g/mol. The van der Waals surface area contributed by atoms with E-state index in [0.717, 1.165) is 17.8 Å². The fourth-order valence-corrected chi connectivity index (χ4v) is 4.10. The maximum Gasteiger partial charge on any atom is 0.322 e. The Kier molecular flexibility index (Phi) is 7.64. The van der Waals surface area contributed by atoms with Gasteiger partial charge < -0.3 is 4.74 Å². The Hall–Kier alpha value is -0.390. The zero-order chi connectivity index (χ0) is 14.3. The van der Waals surface area contributed by atoms with Crippen LogP contribution in [0.1, 0.15) is 18.1 Å². The smallest absolute Gasteiger partial charge is 0.322 e. The summed E-state index contributed by atoms with van der Waals surface area (Å²) in [6.07, 6.45) is 0. The third-order valence-corrected chi connectivity index (χ3v) is 6.00. The molecular formula is C12H17O4PS2. The molecule has 19 heavy (non-hydrogen) atoms. The highest BCUT2D eigenvalue weighted by atomic mass is 32.5. The molecule has 0 fully saturated rings. The first-order valence-electron chi connectivity index (χ1n) is 5.62. The van der Waals surface area contributed by atoms with Crippen molar-refractivity contribution >= 4 is 36.6 Å². The lowest BCUT2D eigenvalue weighted by atomic mass is 10.1. The van der Waals surface area contributed by atoms with Gasteiger partial charge in [0.15, 0.2) is 0 Å². The Bertz CT molecular complexity index is 442. The third kappa shape index (κ3) is 5.24. The van der Waals surface area contributed by atoms with Gasteiger partial charge in [-0.05, 0) is 24.6 Å². The molecule has 0 aromatic heterocycles. The fraction of sp³-hybridized carbons (Fsp3) is 0.417. The van der Waals surface area contributed by atoms with Crippen molar-refractivity contribution in [1.29, 1.82) is 0 Å². The van der Waals surface area contributed by atoms with Crippen LogP contribution < -0.4 is 0 Å². The van der Waals surface area contributed by atoms with E-state index in [1.807, 2.05) is 24.3 Å². The number of benzene rings is 1. The molecule has 4 nitrogen and oxygen atoms in total. The van der Waals surface area contributed by atoms with E-state index in [1.54, 1.807) is 21.1 Å². The number of carbonyl (C=O) groups is 1. The Labute approximate surface area is 123 Å². The lowest BCUT2D eigenvalue weighted by Crippen LogP contribution is -2.12. The molecule has 0 radical (unpaired) electrons. The van der Waals surface area contributed by atoms with Crippen molar-refractivity contribution in [2.24, 2.45) is 0 Å². The largest absolute Gasteiger partial charge is 0.465 e. The summed E-state index contributed by atoms with van der Waals surface area (Å²) >= 11 is 4.23. The highest BCUT2D eigenvalue weighted by Crippen LogP contribution is 2.33. The lowest BCUT2D eigenvalue weighted by molar-refractivity contribution is -0.142. The van der Waals surface area contributed by atoms with Crippen LogP contribution in [0.3, 0.4) is 0 Å². The predicted molar refractivity (Wildman–Crippen MR) is 81.4 cm³/mol. The minimum absolute atomic E-state index is 0.275. The van der Waals surface area contributed by atoms with E-state index in [-0.39, 0.29) is 5.97 Å². The molecule has 0 bridgehead atoms. The van der Waals surface area contributed by atoms with E-state index in [4.69, 9.17) is 13.1 Å². The first-order valence-corrected chi connectivity index (χ1v) is 8.71. The van der Waals surface area contributed by atoms with Gasteiger partial charge in [-0.2, -0.15) is 0 Å². The van der Waals surface area contributed by atoms with Crippen molar-refractivity contribution in [2.75, 3.05) is 20.8 Å². The second-order valence-corrected chi connectivity index (χ2v) is 7.27. The standard InChI is InChI=1S/C12H17O4PS2/c1-4-16-12(13)11(17-19(14-2)15-3)9-5-7-10(18)8-6-9/h5-8,11,18H,4H2,1-3H3. The number of thiol groups is 1. The number of esters is 1. The van der Waals surface area contributed by atoms with Crippen molar-refractivity contribution in [3.05, 3.63) is 29.8 Å². The molecule has 0 aliphatic rings. The monoisotopic (exact) mass is 320 g/mol. The van der Waals surface area contributed by atoms with Gasteiger partial charge in [0.25, 0.3) is 0 Å². The molecule has 1 aromatic carbocycles. The van der Waals surface area contributed by atoms with Gasteiger partial charge in [-0.3, -0.25) is 13.2 Å². The summed E-state index contributed by atoms with van der Waals surface area (Å²) in [6, 6.07) is 7.42. The Morgan fingerprint density at radius 2 is 1.89 bits per heavy atom. The first-order chi connectivity index (χ1) is 9.12. The molecule has 106 valence electrons. The molecule has 1 rings (SSSR count). The minimum atomic E-state index is -0.746. The molecule has 1 unspecified atom stereocenters. The predicted octanol–water partition coefficient (Wildman–Crippen LogP) is 3.18. The van der Waals surface area contributed by atoms with Crippen LogP contribution in [0.15, 0.2) is 29.2 Å². The second-order valence-electron chi connectivity index (χ2n) is 3.40. The summed E-state index contributed by atoms with van der Waals surface area (Å²) in [5.74, 6) is -0.275. The number of ether oxygens (including phenoxy) is 1. The van der Waals surface area contributed by atoms with E-state index in [1.165, 1.54) is 0 Å². The average molecular weight is 320 g/mol. The zero-order valence-electron chi connectivity index (χ0n) is 11.0. The number of carbonyl (C=O) groups excluding carboxylic acids is 1. The van der Waals surface area contributed by atoms with Crippen molar-refractivity contribution < 1.29 is 17.9 Å². The molecule has 7 heteroatoms. The Morgan fingerprint density at radius 3 is 2.37 bits per heavy atom. The molecule has 0 spiro atoms. The fourth-order valence-electron chi connectivity index (χ4n) is 1.36. The van der Waals surface area contributed by atoms with Gasteiger partial charge in [0.1, 0.15) is 16.3 Å². The van der Waals surface area contributed by atoms with Gasteiger partial charge in [0.2, 0.25) is 0 Å². The molecule has 0 N–H and O–H groups in total. The summed E-state index contributed by atoms with van der Waals surface area (Å²) in [5, 5.41) is 0. The van der Waals surface area contributed by atoms with Gasteiger partial charge in [-0.15, -0.1) is 12.6 Å². The van der Waals surface area contributed by atoms with Crippen LogP contribution in [0, 0.1) is 0 Å². The van der Waals surface area contributed by atoms with E-state index in [2.05, 4.69) is 12.6 Å². The highest BCUT2D eigenvalue weighted by molar-refractivity contribution is 8.15. The lowest BCUT2D eigenvalue weighted by Gasteiger charge is -2.13. The molecule has 0 aliphatic heterocycles. The van der Waals surface area contributed by atoms with Crippen molar-refractivity contribution in [1.82, 2.24) is 0 Å². The zero-order valence-corrected chi connectivity index (χ0v) is 13.6. The summed E-state index contributed by atoms with van der Waals surface area (Å²) in [7, 11) is 3.08. The molecule has 1 atom stereocenters. The van der Waals surface area contributed by atoms with Crippen molar-refractivity contribution in [3.8, 4) is 0 Å². The average Bonchev–Trinajstić information content (AvgIpc) is 2.42. The van der Waals surface area contributed by atoms with Crippen LogP contribution in [0.2, 0.25) is 0 Å². The van der Waals surface area contributed by atoms with E-state index < -0.39 is 16.3 Å². The molecule has 0 saturated heterocycles.